The molecule has 2 aliphatic rings. The number of hydrazine groups is 1. The van der Waals surface area contributed by atoms with Crippen molar-refractivity contribution in [2.24, 2.45) is 11.3 Å². The highest BCUT2D eigenvalue weighted by molar-refractivity contribution is 5.97. The van der Waals surface area contributed by atoms with E-state index in [-0.39, 0.29) is 23.1 Å². The molecule has 4 heteroatoms. The molecule has 0 radical (unpaired) electrons. The summed E-state index contributed by atoms with van der Waals surface area (Å²) < 4.78 is 0. The molecule has 0 bridgehead atoms. The van der Waals surface area contributed by atoms with Crippen molar-refractivity contribution in [3.05, 3.63) is 12.2 Å². The Morgan fingerprint density at radius 3 is 2.22 bits per heavy atom. The summed E-state index contributed by atoms with van der Waals surface area (Å²) >= 11 is 0. The van der Waals surface area contributed by atoms with E-state index in [4.69, 9.17) is 0 Å². The normalized spacial score (nSPS) is 26.2. The van der Waals surface area contributed by atoms with E-state index in [1.165, 1.54) is 0 Å². The van der Waals surface area contributed by atoms with Gasteiger partial charge in [-0.1, -0.05) is 27.4 Å². The van der Waals surface area contributed by atoms with Gasteiger partial charge in [-0.15, -0.1) is 0 Å². The van der Waals surface area contributed by atoms with E-state index >= 15 is 0 Å². The van der Waals surface area contributed by atoms with Crippen LogP contribution in [0.15, 0.2) is 12.2 Å². The first-order valence-electron chi connectivity index (χ1n) is 6.63. The summed E-state index contributed by atoms with van der Waals surface area (Å²) in [5, 5.41) is 3.22. The summed E-state index contributed by atoms with van der Waals surface area (Å²) in [6.45, 7) is 11.4. The molecule has 0 aromatic rings. The molecule has 1 unspecified atom stereocenters. The third kappa shape index (κ3) is 2.16. The molecule has 2 fully saturated rings. The second kappa shape index (κ2) is 4.41. The summed E-state index contributed by atoms with van der Waals surface area (Å²) in [5.41, 5.74) is 0.471. The summed E-state index contributed by atoms with van der Waals surface area (Å²) in [7, 11) is 0. The van der Waals surface area contributed by atoms with Crippen molar-refractivity contribution in [2.45, 2.75) is 40.0 Å². The van der Waals surface area contributed by atoms with E-state index in [0.717, 1.165) is 12.8 Å². The van der Waals surface area contributed by atoms with Crippen LogP contribution in [0.1, 0.15) is 40.0 Å². The summed E-state index contributed by atoms with van der Waals surface area (Å²) in [5.74, 6) is -0.0785. The molecule has 0 N–H and O–H groups in total. The third-order valence-electron chi connectivity index (χ3n) is 3.92. The van der Waals surface area contributed by atoms with Gasteiger partial charge in [-0.2, -0.15) is 0 Å². The zero-order valence-electron chi connectivity index (χ0n) is 11.5. The standard InChI is InChI=1S/C14H22N2O2/c1-10-11(14(2,3)4)9-12(17)15-7-5-6-8-16(15)13(10)18/h11H,1,5-9H2,2-4H3. The Kier molecular flexibility index (Phi) is 3.21. The molecule has 2 amide bonds. The van der Waals surface area contributed by atoms with Crippen LogP contribution in [0, 0.1) is 11.3 Å². The van der Waals surface area contributed by atoms with Crippen LogP contribution >= 0.6 is 0 Å². The molecule has 2 saturated heterocycles. The van der Waals surface area contributed by atoms with Gasteiger partial charge >= 0.3 is 0 Å². The Bertz CT molecular complexity index is 395. The number of hydrogen-bond acceptors (Lipinski definition) is 2. The van der Waals surface area contributed by atoms with E-state index < -0.39 is 0 Å². The summed E-state index contributed by atoms with van der Waals surface area (Å²) in [4.78, 5) is 24.7. The number of amides is 2. The van der Waals surface area contributed by atoms with Crippen LogP contribution in [0.25, 0.3) is 0 Å². The molecule has 0 spiro atoms. The molecule has 0 aliphatic carbocycles. The van der Waals surface area contributed by atoms with Gasteiger partial charge in [0.1, 0.15) is 0 Å². The molecular weight excluding hydrogens is 228 g/mol. The lowest BCUT2D eigenvalue weighted by atomic mass is 9.74. The molecule has 0 saturated carbocycles. The highest BCUT2D eigenvalue weighted by Crippen LogP contribution is 2.38. The molecule has 100 valence electrons. The minimum absolute atomic E-state index is 0.0571. The summed E-state index contributed by atoms with van der Waals surface area (Å²) in [6, 6.07) is 0. The van der Waals surface area contributed by atoms with Gasteiger partial charge in [-0.3, -0.25) is 14.6 Å². The average molecular weight is 250 g/mol. The van der Waals surface area contributed by atoms with Crippen LogP contribution in [-0.4, -0.2) is 34.9 Å². The number of carbonyl (C=O) groups is 2. The smallest absolute Gasteiger partial charge is 0.268 e. The lowest BCUT2D eigenvalue weighted by Gasteiger charge is -2.37. The van der Waals surface area contributed by atoms with Gasteiger partial charge in [-0.05, 0) is 18.3 Å². The Morgan fingerprint density at radius 1 is 1.11 bits per heavy atom. The number of rotatable bonds is 0. The van der Waals surface area contributed by atoms with Crippen molar-refractivity contribution in [2.75, 3.05) is 13.1 Å². The van der Waals surface area contributed by atoms with Crippen molar-refractivity contribution in [1.29, 1.82) is 0 Å². The van der Waals surface area contributed by atoms with E-state index in [2.05, 4.69) is 27.4 Å². The number of hydrogen-bond donors (Lipinski definition) is 0. The predicted octanol–water partition coefficient (Wildman–Crippen LogP) is 1.97. The fourth-order valence-electron chi connectivity index (χ4n) is 2.78. The lowest BCUT2D eigenvalue weighted by Crippen LogP contribution is -2.51. The van der Waals surface area contributed by atoms with Gasteiger partial charge in [0.15, 0.2) is 0 Å². The summed E-state index contributed by atoms with van der Waals surface area (Å²) in [6.07, 6.45) is 2.33. The monoisotopic (exact) mass is 250 g/mol. The van der Waals surface area contributed by atoms with Gasteiger partial charge in [0.05, 0.1) is 0 Å². The Morgan fingerprint density at radius 2 is 1.67 bits per heavy atom. The van der Waals surface area contributed by atoms with Crippen molar-refractivity contribution in [3.8, 4) is 0 Å². The molecular formula is C14H22N2O2. The van der Waals surface area contributed by atoms with E-state index in [1.54, 1.807) is 10.0 Å². The molecule has 2 heterocycles. The Hall–Kier alpha value is -1.32. The largest absolute Gasteiger partial charge is 0.273 e. The maximum absolute atomic E-state index is 12.4. The Balaban J connectivity index is 2.34. The first-order chi connectivity index (χ1) is 8.32. The first kappa shape index (κ1) is 13.1. The molecule has 18 heavy (non-hydrogen) atoms. The maximum atomic E-state index is 12.4. The highest BCUT2D eigenvalue weighted by Gasteiger charge is 2.41. The van der Waals surface area contributed by atoms with Crippen molar-refractivity contribution >= 4 is 11.8 Å². The predicted molar refractivity (Wildman–Crippen MR) is 69.4 cm³/mol. The Labute approximate surface area is 109 Å². The van der Waals surface area contributed by atoms with E-state index in [1.807, 2.05) is 0 Å². The number of fused-ring (bicyclic) bond motifs is 1. The fraction of sp³-hybridized carbons (Fsp3) is 0.714. The van der Waals surface area contributed by atoms with Gasteiger partial charge in [-0.25, -0.2) is 5.01 Å². The molecule has 0 aromatic carbocycles. The molecule has 2 rings (SSSR count). The van der Waals surface area contributed by atoms with Crippen LogP contribution < -0.4 is 0 Å². The van der Waals surface area contributed by atoms with Gasteiger partial charge < -0.3 is 0 Å². The first-order valence-corrected chi connectivity index (χ1v) is 6.63. The average Bonchev–Trinajstić information content (AvgIpc) is 2.40. The molecule has 1 atom stereocenters. The minimum Gasteiger partial charge on any atom is -0.273 e. The van der Waals surface area contributed by atoms with E-state index in [0.29, 0.717) is 25.1 Å². The fourth-order valence-corrected chi connectivity index (χ4v) is 2.78. The van der Waals surface area contributed by atoms with Gasteiger partial charge in [0.2, 0.25) is 5.91 Å². The van der Waals surface area contributed by atoms with Crippen molar-refractivity contribution in [1.82, 2.24) is 10.0 Å². The quantitative estimate of drug-likeness (QED) is 0.617. The lowest BCUT2D eigenvalue weighted by molar-refractivity contribution is -0.163. The van der Waals surface area contributed by atoms with Gasteiger partial charge in [0, 0.05) is 31.0 Å². The third-order valence-corrected chi connectivity index (χ3v) is 3.92. The molecule has 4 nitrogen and oxygen atoms in total. The van der Waals surface area contributed by atoms with Crippen LogP contribution in [0.5, 0.6) is 0 Å². The molecule has 0 aromatic heterocycles. The van der Waals surface area contributed by atoms with Crippen molar-refractivity contribution in [3.63, 3.8) is 0 Å². The van der Waals surface area contributed by atoms with Crippen LogP contribution in [0.4, 0.5) is 0 Å². The van der Waals surface area contributed by atoms with Crippen molar-refractivity contribution < 1.29 is 9.59 Å². The van der Waals surface area contributed by atoms with Crippen LogP contribution in [0.2, 0.25) is 0 Å². The topological polar surface area (TPSA) is 40.6 Å². The zero-order valence-corrected chi connectivity index (χ0v) is 11.5. The zero-order chi connectivity index (χ0) is 13.5. The number of carbonyl (C=O) groups excluding carboxylic acids is 2. The maximum Gasteiger partial charge on any atom is 0.268 e. The minimum atomic E-state index is -0.113. The molecule has 2 aliphatic heterocycles. The van der Waals surface area contributed by atoms with E-state index in [9.17, 15) is 9.59 Å². The second-order valence-electron chi connectivity index (χ2n) is 6.30. The highest BCUT2D eigenvalue weighted by atomic mass is 16.2. The van der Waals surface area contributed by atoms with Crippen LogP contribution in [-0.2, 0) is 9.59 Å². The number of nitrogens with zero attached hydrogens (tertiary/aromatic N) is 2. The SMILES string of the molecule is C=C1C(=O)N2CCCCN2C(=O)CC1C(C)(C)C. The van der Waals surface area contributed by atoms with Crippen LogP contribution in [0.3, 0.4) is 0 Å². The second-order valence-corrected chi connectivity index (χ2v) is 6.30. The van der Waals surface area contributed by atoms with Gasteiger partial charge in [0.25, 0.3) is 5.91 Å².